The highest BCUT2D eigenvalue weighted by Gasteiger charge is 2.26. The van der Waals surface area contributed by atoms with Crippen LogP contribution in [0.4, 0.5) is 0 Å². The molecule has 6 nitrogen and oxygen atoms in total. The first-order valence-corrected chi connectivity index (χ1v) is 7.17. The Bertz CT molecular complexity index is 645. The van der Waals surface area contributed by atoms with Crippen LogP contribution in [0.3, 0.4) is 0 Å². The van der Waals surface area contributed by atoms with Gasteiger partial charge in [0.2, 0.25) is 5.91 Å². The summed E-state index contributed by atoms with van der Waals surface area (Å²) >= 11 is 5.99. The van der Waals surface area contributed by atoms with Crippen molar-refractivity contribution in [3.63, 3.8) is 0 Å². The second-order valence-corrected chi connectivity index (χ2v) is 5.21. The number of carbonyl (C=O) groups excluding carboxylic acids is 1. The van der Waals surface area contributed by atoms with Gasteiger partial charge in [0.25, 0.3) is 0 Å². The van der Waals surface area contributed by atoms with Crippen molar-refractivity contribution in [1.29, 1.82) is 0 Å². The highest BCUT2D eigenvalue weighted by atomic mass is 35.5. The molecule has 2 rings (SSSR count). The lowest BCUT2D eigenvalue weighted by molar-refractivity contribution is -0.132. The molecular weight excluding hydrogens is 278 g/mol. The molecule has 0 aliphatic carbocycles. The lowest BCUT2D eigenvalue weighted by Crippen LogP contribution is -2.33. The van der Waals surface area contributed by atoms with Gasteiger partial charge < -0.3 is 4.90 Å². The number of hydrogen-bond donors (Lipinski definition) is 0. The van der Waals surface area contributed by atoms with Gasteiger partial charge >= 0.3 is 0 Å². The minimum Gasteiger partial charge on any atom is -0.344 e. The van der Waals surface area contributed by atoms with Gasteiger partial charge in [0.15, 0.2) is 5.65 Å². The summed E-state index contributed by atoms with van der Waals surface area (Å²) in [6, 6.07) is -0.353. The van der Waals surface area contributed by atoms with E-state index in [4.69, 9.17) is 11.6 Å². The number of aryl methyl sites for hydroxylation is 2. The van der Waals surface area contributed by atoms with Crippen molar-refractivity contribution >= 4 is 28.7 Å². The maximum absolute atomic E-state index is 12.4. The number of rotatable bonds is 4. The van der Waals surface area contributed by atoms with Gasteiger partial charge in [-0.3, -0.25) is 14.0 Å². The summed E-state index contributed by atoms with van der Waals surface area (Å²) in [7, 11) is 3.65. The van der Waals surface area contributed by atoms with Crippen LogP contribution in [0, 0.1) is 6.92 Å². The van der Waals surface area contributed by atoms with Gasteiger partial charge in [-0.25, -0.2) is 4.98 Å². The summed E-state index contributed by atoms with van der Waals surface area (Å²) in [6.07, 6.45) is 0. The molecule has 0 N–H and O–H groups in total. The molecule has 0 saturated carbocycles. The summed E-state index contributed by atoms with van der Waals surface area (Å²) in [5.41, 5.74) is 2.49. The van der Waals surface area contributed by atoms with Gasteiger partial charge in [-0.05, 0) is 20.8 Å². The lowest BCUT2D eigenvalue weighted by atomic mass is 10.2. The van der Waals surface area contributed by atoms with Crippen molar-refractivity contribution in [2.24, 2.45) is 7.05 Å². The molecule has 0 saturated heterocycles. The Labute approximate surface area is 123 Å². The van der Waals surface area contributed by atoms with E-state index in [0.717, 1.165) is 16.9 Å². The Kier molecular flexibility index (Phi) is 4.04. The Morgan fingerprint density at radius 3 is 2.70 bits per heavy atom. The van der Waals surface area contributed by atoms with Gasteiger partial charge in [0.05, 0.1) is 11.6 Å². The fraction of sp³-hybridized carbons (Fsp3) is 0.615. The maximum Gasteiger partial charge on any atom is 0.245 e. The number of alkyl halides is 1. The third kappa shape index (κ3) is 2.18. The molecule has 2 heterocycles. The molecule has 2 aromatic heterocycles. The van der Waals surface area contributed by atoms with Crippen LogP contribution >= 0.6 is 11.6 Å². The van der Waals surface area contributed by atoms with Crippen LogP contribution in [0.15, 0.2) is 0 Å². The normalized spacial score (nSPS) is 12.9. The fourth-order valence-electron chi connectivity index (χ4n) is 2.43. The Morgan fingerprint density at radius 2 is 2.15 bits per heavy atom. The average molecular weight is 298 g/mol. The van der Waals surface area contributed by atoms with Crippen LogP contribution in [0.5, 0.6) is 0 Å². The molecule has 0 aliphatic rings. The van der Waals surface area contributed by atoms with Gasteiger partial charge in [0, 0.05) is 20.6 Å². The number of halogens is 1. The summed E-state index contributed by atoms with van der Waals surface area (Å²) < 4.78 is 3.64. The predicted octanol–water partition coefficient (Wildman–Crippen LogP) is 1.86. The van der Waals surface area contributed by atoms with Crippen molar-refractivity contribution in [2.45, 2.75) is 32.7 Å². The number of imidazole rings is 1. The van der Waals surface area contributed by atoms with E-state index in [1.165, 1.54) is 0 Å². The van der Waals surface area contributed by atoms with E-state index in [9.17, 15) is 4.79 Å². The maximum atomic E-state index is 12.4. The largest absolute Gasteiger partial charge is 0.344 e. The highest BCUT2D eigenvalue weighted by Crippen LogP contribution is 2.25. The second kappa shape index (κ2) is 5.44. The van der Waals surface area contributed by atoms with Crippen LogP contribution in [0.2, 0.25) is 0 Å². The number of aromatic nitrogens is 4. The zero-order chi connectivity index (χ0) is 15.0. The summed E-state index contributed by atoms with van der Waals surface area (Å²) in [5.74, 6) is 1.00. The van der Waals surface area contributed by atoms with Crippen molar-refractivity contribution in [2.75, 3.05) is 13.6 Å². The molecule has 0 fully saturated rings. The molecular formula is C13H20ClN5O. The third-order valence-corrected chi connectivity index (χ3v) is 3.86. The second-order valence-electron chi connectivity index (χ2n) is 4.94. The van der Waals surface area contributed by atoms with Crippen LogP contribution in [0.25, 0.3) is 11.2 Å². The van der Waals surface area contributed by atoms with Crippen molar-refractivity contribution in [3.05, 3.63) is 11.5 Å². The van der Waals surface area contributed by atoms with E-state index < -0.39 is 0 Å². The molecule has 7 heteroatoms. The molecule has 20 heavy (non-hydrogen) atoms. The molecule has 1 amide bonds. The van der Waals surface area contributed by atoms with E-state index >= 15 is 0 Å². The molecule has 1 unspecified atom stereocenters. The molecule has 0 aromatic carbocycles. The first-order valence-electron chi connectivity index (χ1n) is 6.63. The van der Waals surface area contributed by atoms with Gasteiger partial charge in [-0.15, -0.1) is 11.6 Å². The summed E-state index contributed by atoms with van der Waals surface area (Å²) in [6.45, 7) is 6.39. The summed E-state index contributed by atoms with van der Waals surface area (Å²) in [4.78, 5) is 18.6. The standard InChI is InChI=1S/C13H20ClN5O/c1-6-17(4)13(20)9(3)19-10(7-14)15-11-8(2)16-18(5)12(11)19/h9H,6-7H2,1-5H3. The molecule has 0 bridgehead atoms. The number of likely N-dealkylation sites (N-methyl/N-ethyl adjacent to an activating group) is 1. The molecule has 110 valence electrons. The van der Waals surface area contributed by atoms with Crippen LogP contribution < -0.4 is 0 Å². The summed E-state index contributed by atoms with van der Waals surface area (Å²) in [5, 5.41) is 4.36. The fourth-order valence-corrected chi connectivity index (χ4v) is 2.62. The van der Waals surface area contributed by atoms with E-state index in [0.29, 0.717) is 12.4 Å². The smallest absolute Gasteiger partial charge is 0.245 e. The zero-order valence-corrected chi connectivity index (χ0v) is 13.3. The Balaban J connectivity index is 2.60. The molecule has 1 atom stereocenters. The van der Waals surface area contributed by atoms with E-state index in [-0.39, 0.29) is 17.8 Å². The minimum atomic E-state index is -0.353. The Hall–Kier alpha value is -1.56. The number of amides is 1. The monoisotopic (exact) mass is 297 g/mol. The SMILES string of the molecule is CCN(C)C(=O)C(C)n1c(CCl)nc2c(C)nn(C)c21. The van der Waals surface area contributed by atoms with Gasteiger partial charge in [0.1, 0.15) is 17.4 Å². The Morgan fingerprint density at radius 1 is 1.50 bits per heavy atom. The highest BCUT2D eigenvalue weighted by molar-refractivity contribution is 6.16. The number of nitrogens with zero attached hydrogens (tertiary/aromatic N) is 5. The van der Waals surface area contributed by atoms with E-state index in [1.807, 2.05) is 32.4 Å². The topological polar surface area (TPSA) is 56.0 Å². The first-order chi connectivity index (χ1) is 9.42. The average Bonchev–Trinajstić information content (AvgIpc) is 2.95. The number of carbonyl (C=O) groups is 1. The van der Waals surface area contributed by atoms with Crippen LogP contribution in [0.1, 0.15) is 31.4 Å². The quantitative estimate of drug-likeness (QED) is 0.809. The third-order valence-electron chi connectivity index (χ3n) is 3.62. The molecule has 0 radical (unpaired) electrons. The molecule has 2 aromatic rings. The predicted molar refractivity (Wildman–Crippen MR) is 78.8 cm³/mol. The molecule has 0 spiro atoms. The zero-order valence-electron chi connectivity index (χ0n) is 12.5. The number of fused-ring (bicyclic) bond motifs is 1. The van der Waals surface area contributed by atoms with Crippen LogP contribution in [-0.2, 0) is 17.7 Å². The van der Waals surface area contributed by atoms with Gasteiger partial charge in [-0.1, -0.05) is 0 Å². The van der Waals surface area contributed by atoms with E-state index in [1.54, 1.807) is 16.6 Å². The molecule has 0 aliphatic heterocycles. The number of hydrogen-bond acceptors (Lipinski definition) is 3. The lowest BCUT2D eigenvalue weighted by Gasteiger charge is -2.22. The van der Waals surface area contributed by atoms with Crippen LogP contribution in [-0.4, -0.2) is 43.7 Å². The first kappa shape index (κ1) is 14.8. The minimum absolute atomic E-state index is 0.0389. The van der Waals surface area contributed by atoms with Crippen molar-refractivity contribution in [3.8, 4) is 0 Å². The van der Waals surface area contributed by atoms with E-state index in [2.05, 4.69) is 10.1 Å². The van der Waals surface area contributed by atoms with Crippen molar-refractivity contribution in [1.82, 2.24) is 24.2 Å². The van der Waals surface area contributed by atoms with Gasteiger partial charge in [-0.2, -0.15) is 5.10 Å². The van der Waals surface area contributed by atoms with Crippen molar-refractivity contribution < 1.29 is 4.79 Å².